The number of nitrogens with two attached hydrogens (primary N) is 1. The second-order valence-corrected chi connectivity index (χ2v) is 3.95. The summed E-state index contributed by atoms with van der Waals surface area (Å²) in [4.78, 5) is 10.1. The molecule has 0 aromatic heterocycles. The van der Waals surface area contributed by atoms with Crippen molar-refractivity contribution in [2.45, 2.75) is 18.4 Å². The quantitative estimate of drug-likeness (QED) is 0.465. The van der Waals surface area contributed by atoms with E-state index in [1.807, 2.05) is 0 Å². The highest BCUT2D eigenvalue weighted by molar-refractivity contribution is 5.36. The van der Waals surface area contributed by atoms with Crippen LogP contribution in [-0.2, 0) is 5.54 Å². The maximum atomic E-state index is 10.6. The highest BCUT2D eigenvalue weighted by Gasteiger charge is 2.24. The number of non-ortho nitro benzene ring substituents is 1. The molecule has 4 nitrogen and oxygen atoms in total. The van der Waals surface area contributed by atoms with Gasteiger partial charge in [-0.3, -0.25) is 10.1 Å². The first kappa shape index (κ1) is 13.1. The van der Waals surface area contributed by atoms with Crippen molar-refractivity contribution in [3.8, 4) is 0 Å². The molecule has 1 aromatic rings. The molecular formula is C13H16N2O2. The summed E-state index contributed by atoms with van der Waals surface area (Å²) < 4.78 is 0. The Balaban J connectivity index is 3.06. The number of nitrogens with zero attached hydrogens (tertiary/aromatic N) is 1. The van der Waals surface area contributed by atoms with Crippen LogP contribution in [-0.4, -0.2) is 4.92 Å². The molecule has 1 aromatic carbocycles. The van der Waals surface area contributed by atoms with Crippen molar-refractivity contribution in [3.63, 3.8) is 0 Å². The van der Waals surface area contributed by atoms with Gasteiger partial charge in [-0.2, -0.15) is 0 Å². The van der Waals surface area contributed by atoms with Gasteiger partial charge in [0.15, 0.2) is 0 Å². The molecule has 0 heterocycles. The minimum absolute atomic E-state index is 0.0632. The first-order valence-electron chi connectivity index (χ1n) is 5.29. The molecule has 0 radical (unpaired) electrons. The molecular weight excluding hydrogens is 216 g/mol. The van der Waals surface area contributed by atoms with Crippen LogP contribution >= 0.6 is 0 Å². The smallest absolute Gasteiger partial charge is 0.269 e. The molecule has 0 amide bonds. The van der Waals surface area contributed by atoms with Crippen molar-refractivity contribution in [3.05, 3.63) is 65.3 Å². The summed E-state index contributed by atoms with van der Waals surface area (Å²) in [6, 6.07) is 6.29. The lowest BCUT2D eigenvalue weighted by molar-refractivity contribution is -0.384. The Morgan fingerprint density at radius 1 is 1.24 bits per heavy atom. The summed E-state index contributed by atoms with van der Waals surface area (Å²) in [6.07, 6.45) is 4.67. The first-order valence-corrected chi connectivity index (χ1v) is 5.29. The maximum Gasteiger partial charge on any atom is 0.269 e. The monoisotopic (exact) mass is 232 g/mol. The van der Waals surface area contributed by atoms with E-state index in [0.29, 0.717) is 12.8 Å². The zero-order valence-corrected chi connectivity index (χ0v) is 9.63. The first-order chi connectivity index (χ1) is 8.03. The van der Waals surface area contributed by atoms with Crippen molar-refractivity contribution in [2.75, 3.05) is 0 Å². The summed E-state index contributed by atoms with van der Waals surface area (Å²) in [5.74, 6) is 0. The highest BCUT2D eigenvalue weighted by Crippen LogP contribution is 2.28. The Bertz CT molecular complexity index is 414. The Morgan fingerprint density at radius 3 is 2.06 bits per heavy atom. The van der Waals surface area contributed by atoms with Crippen LogP contribution in [0.5, 0.6) is 0 Å². The number of benzene rings is 1. The molecule has 17 heavy (non-hydrogen) atoms. The van der Waals surface area contributed by atoms with Crippen LogP contribution in [0, 0.1) is 10.1 Å². The van der Waals surface area contributed by atoms with Gasteiger partial charge in [0.1, 0.15) is 0 Å². The Hall–Kier alpha value is -1.94. The van der Waals surface area contributed by atoms with E-state index in [1.54, 1.807) is 24.3 Å². The van der Waals surface area contributed by atoms with Gasteiger partial charge in [0, 0.05) is 17.7 Å². The van der Waals surface area contributed by atoms with Crippen molar-refractivity contribution in [2.24, 2.45) is 5.73 Å². The molecule has 0 unspecified atom stereocenters. The van der Waals surface area contributed by atoms with E-state index in [9.17, 15) is 10.1 Å². The van der Waals surface area contributed by atoms with Crippen LogP contribution in [0.3, 0.4) is 0 Å². The fraction of sp³-hybridized carbons (Fsp3) is 0.231. The molecule has 0 aliphatic rings. The second-order valence-electron chi connectivity index (χ2n) is 3.95. The van der Waals surface area contributed by atoms with Gasteiger partial charge in [-0.15, -0.1) is 13.2 Å². The minimum Gasteiger partial charge on any atom is -0.321 e. The number of hydrogen-bond acceptors (Lipinski definition) is 3. The van der Waals surface area contributed by atoms with Crippen LogP contribution in [0.2, 0.25) is 0 Å². The lowest BCUT2D eigenvalue weighted by atomic mass is 9.84. The summed E-state index contributed by atoms with van der Waals surface area (Å²) in [6.45, 7) is 7.35. The van der Waals surface area contributed by atoms with Crippen LogP contribution in [0.15, 0.2) is 49.6 Å². The molecule has 0 fully saturated rings. The van der Waals surface area contributed by atoms with E-state index in [2.05, 4.69) is 13.2 Å². The molecule has 90 valence electrons. The van der Waals surface area contributed by atoms with Crippen molar-refractivity contribution >= 4 is 5.69 Å². The minimum atomic E-state index is -0.585. The van der Waals surface area contributed by atoms with Crippen molar-refractivity contribution < 1.29 is 4.92 Å². The number of nitro groups is 1. The molecule has 2 N–H and O–H groups in total. The van der Waals surface area contributed by atoms with Crippen LogP contribution in [0.1, 0.15) is 18.4 Å². The van der Waals surface area contributed by atoms with Gasteiger partial charge in [-0.05, 0) is 18.4 Å². The molecule has 0 atom stereocenters. The SMILES string of the molecule is C=CCC(N)(CC=C)c1ccc([N+](=O)[O-])cc1. The molecule has 0 spiro atoms. The molecule has 0 bridgehead atoms. The largest absolute Gasteiger partial charge is 0.321 e. The van der Waals surface area contributed by atoms with Gasteiger partial charge in [-0.25, -0.2) is 0 Å². The molecule has 0 saturated carbocycles. The highest BCUT2D eigenvalue weighted by atomic mass is 16.6. The third-order valence-corrected chi connectivity index (χ3v) is 2.67. The zero-order chi connectivity index (χ0) is 12.9. The van der Waals surface area contributed by atoms with Crippen LogP contribution in [0.25, 0.3) is 0 Å². The predicted octanol–water partition coefficient (Wildman–Crippen LogP) is 2.90. The Morgan fingerprint density at radius 2 is 1.71 bits per heavy atom. The van der Waals surface area contributed by atoms with E-state index in [0.717, 1.165) is 5.56 Å². The summed E-state index contributed by atoms with van der Waals surface area (Å²) in [5, 5.41) is 10.6. The normalized spacial score (nSPS) is 10.9. The average Bonchev–Trinajstić information content (AvgIpc) is 2.30. The van der Waals surface area contributed by atoms with E-state index in [4.69, 9.17) is 5.73 Å². The number of nitro benzene ring substituents is 1. The Kier molecular flexibility index (Phi) is 4.17. The topological polar surface area (TPSA) is 69.2 Å². The van der Waals surface area contributed by atoms with Crippen molar-refractivity contribution in [1.82, 2.24) is 0 Å². The summed E-state index contributed by atoms with van der Waals surface area (Å²) in [7, 11) is 0. The molecule has 0 aliphatic carbocycles. The molecule has 4 heteroatoms. The van der Waals surface area contributed by atoms with E-state index in [-0.39, 0.29) is 5.69 Å². The third kappa shape index (κ3) is 3.01. The number of hydrogen-bond donors (Lipinski definition) is 1. The maximum absolute atomic E-state index is 10.6. The summed E-state index contributed by atoms with van der Waals surface area (Å²) >= 11 is 0. The zero-order valence-electron chi connectivity index (χ0n) is 9.63. The van der Waals surface area contributed by atoms with E-state index < -0.39 is 10.5 Å². The van der Waals surface area contributed by atoms with Gasteiger partial charge >= 0.3 is 0 Å². The standard InChI is InChI=1S/C13H16N2O2/c1-3-9-13(14,10-4-2)11-5-7-12(8-6-11)15(16)17/h3-8H,1-2,9-10,14H2. The fourth-order valence-electron chi connectivity index (χ4n) is 1.75. The van der Waals surface area contributed by atoms with Gasteiger partial charge in [-0.1, -0.05) is 24.3 Å². The third-order valence-electron chi connectivity index (χ3n) is 2.67. The average molecular weight is 232 g/mol. The van der Waals surface area contributed by atoms with Crippen LogP contribution < -0.4 is 5.73 Å². The predicted molar refractivity (Wildman–Crippen MR) is 68.6 cm³/mol. The van der Waals surface area contributed by atoms with E-state index >= 15 is 0 Å². The van der Waals surface area contributed by atoms with Crippen LogP contribution in [0.4, 0.5) is 5.69 Å². The fourth-order valence-corrected chi connectivity index (χ4v) is 1.75. The van der Waals surface area contributed by atoms with E-state index in [1.165, 1.54) is 12.1 Å². The summed E-state index contributed by atoms with van der Waals surface area (Å²) in [5.41, 5.74) is 6.58. The van der Waals surface area contributed by atoms with Crippen molar-refractivity contribution in [1.29, 1.82) is 0 Å². The van der Waals surface area contributed by atoms with Gasteiger partial charge in [0.2, 0.25) is 0 Å². The lowest BCUT2D eigenvalue weighted by Gasteiger charge is -2.27. The van der Waals surface area contributed by atoms with Gasteiger partial charge < -0.3 is 5.73 Å². The molecule has 0 aliphatic heterocycles. The molecule has 0 saturated heterocycles. The second kappa shape index (κ2) is 5.41. The molecule has 1 rings (SSSR count). The number of rotatable bonds is 6. The van der Waals surface area contributed by atoms with Gasteiger partial charge in [0.25, 0.3) is 5.69 Å². The lowest BCUT2D eigenvalue weighted by Crippen LogP contribution is -2.35. The Labute approximate surface area is 101 Å². The van der Waals surface area contributed by atoms with Gasteiger partial charge in [0.05, 0.1) is 4.92 Å².